The van der Waals surface area contributed by atoms with Gasteiger partial charge in [-0.1, -0.05) is 5.10 Å². The maximum absolute atomic E-state index is 12.6. The van der Waals surface area contributed by atoms with Crippen LogP contribution < -0.4 is 20.1 Å². The molecule has 1 fully saturated rings. The lowest BCUT2D eigenvalue weighted by atomic mass is 10.0. The van der Waals surface area contributed by atoms with Crippen LogP contribution in [0.2, 0.25) is 0 Å². The number of aromatic nitrogens is 2. The maximum atomic E-state index is 12.6. The van der Waals surface area contributed by atoms with E-state index in [1.54, 1.807) is 0 Å². The lowest BCUT2D eigenvalue weighted by molar-refractivity contribution is -0.140. The summed E-state index contributed by atoms with van der Waals surface area (Å²) in [7, 11) is 0. The van der Waals surface area contributed by atoms with Crippen LogP contribution in [-0.4, -0.2) is 48.1 Å². The third kappa shape index (κ3) is 7.80. The Morgan fingerprint density at radius 3 is 2.42 bits per heavy atom. The lowest BCUT2D eigenvalue weighted by Crippen LogP contribution is -2.48. The van der Waals surface area contributed by atoms with Crippen molar-refractivity contribution in [2.45, 2.75) is 43.7 Å². The normalized spacial score (nSPS) is 19.2. The lowest BCUT2D eigenvalue weighted by Gasteiger charge is -2.28. The molecule has 2 atom stereocenters. The van der Waals surface area contributed by atoms with E-state index in [0.717, 1.165) is 24.3 Å². The SMILES string of the molecule is O=C(COc1ccc(C(F)(F)F)cc1)N[C@H]1CC[C@H](c2nnc(OCCC(F)(F)F)o2)NC1. The number of carbonyl (C=O) groups is 1. The molecular formula is C19H20F6N4O4. The Bertz CT molecular complexity index is 908. The molecule has 0 spiro atoms. The molecule has 0 bridgehead atoms. The van der Waals surface area contributed by atoms with Crippen molar-refractivity contribution in [3.63, 3.8) is 0 Å². The third-order valence-corrected chi connectivity index (χ3v) is 4.66. The van der Waals surface area contributed by atoms with Crippen LogP contribution in [0, 0.1) is 0 Å². The number of benzene rings is 1. The number of nitrogens with zero attached hydrogens (tertiary/aromatic N) is 2. The first-order valence-electron chi connectivity index (χ1n) is 9.85. The van der Waals surface area contributed by atoms with Crippen molar-refractivity contribution in [1.29, 1.82) is 0 Å². The van der Waals surface area contributed by atoms with Gasteiger partial charge in [-0.25, -0.2) is 0 Å². The molecule has 2 N–H and O–H groups in total. The molecule has 1 aromatic carbocycles. The quantitative estimate of drug-likeness (QED) is 0.557. The van der Waals surface area contributed by atoms with Crippen LogP contribution in [0.25, 0.3) is 0 Å². The molecule has 1 amide bonds. The summed E-state index contributed by atoms with van der Waals surface area (Å²) in [6.45, 7) is -0.650. The second-order valence-electron chi connectivity index (χ2n) is 7.23. The molecule has 14 heteroatoms. The van der Waals surface area contributed by atoms with E-state index < -0.39 is 36.9 Å². The monoisotopic (exact) mass is 482 g/mol. The summed E-state index contributed by atoms with van der Waals surface area (Å²) in [4.78, 5) is 12.1. The number of amides is 1. The molecular weight excluding hydrogens is 462 g/mol. The number of carbonyl (C=O) groups excluding carboxylic acids is 1. The Balaban J connectivity index is 1.37. The molecule has 2 aromatic rings. The minimum atomic E-state index is -4.45. The summed E-state index contributed by atoms with van der Waals surface area (Å²) in [6, 6.07) is 3.40. The van der Waals surface area contributed by atoms with Crippen molar-refractivity contribution < 1.29 is 45.0 Å². The van der Waals surface area contributed by atoms with Crippen LogP contribution in [0.3, 0.4) is 0 Å². The zero-order chi connectivity index (χ0) is 24.1. The minimum Gasteiger partial charge on any atom is -0.484 e. The smallest absolute Gasteiger partial charge is 0.416 e. The average Bonchev–Trinajstić information content (AvgIpc) is 3.20. The van der Waals surface area contributed by atoms with E-state index in [1.807, 2.05) is 0 Å². The highest BCUT2D eigenvalue weighted by Crippen LogP contribution is 2.30. The summed E-state index contributed by atoms with van der Waals surface area (Å²) in [5, 5.41) is 13.1. The van der Waals surface area contributed by atoms with Crippen molar-refractivity contribution in [2.24, 2.45) is 0 Å². The number of hydrogen-bond acceptors (Lipinski definition) is 7. The maximum Gasteiger partial charge on any atom is 0.416 e. The zero-order valence-electron chi connectivity index (χ0n) is 17.0. The van der Waals surface area contributed by atoms with Gasteiger partial charge in [0.1, 0.15) is 12.4 Å². The van der Waals surface area contributed by atoms with Crippen LogP contribution in [0.4, 0.5) is 26.3 Å². The predicted molar refractivity (Wildman–Crippen MR) is 99.3 cm³/mol. The summed E-state index contributed by atoms with van der Waals surface area (Å²) in [5.74, 6) is -0.157. The van der Waals surface area contributed by atoms with Gasteiger partial charge in [0.2, 0.25) is 5.89 Å². The first-order valence-corrected chi connectivity index (χ1v) is 9.85. The van der Waals surface area contributed by atoms with Gasteiger partial charge in [-0.3, -0.25) is 4.79 Å². The summed E-state index contributed by atoms with van der Waals surface area (Å²) in [6.07, 6.45) is -9.27. The summed E-state index contributed by atoms with van der Waals surface area (Å²) < 4.78 is 89.3. The largest absolute Gasteiger partial charge is 0.484 e. The fourth-order valence-corrected chi connectivity index (χ4v) is 3.02. The molecule has 8 nitrogen and oxygen atoms in total. The number of alkyl halides is 6. The highest BCUT2D eigenvalue weighted by atomic mass is 19.4. The van der Waals surface area contributed by atoms with Crippen molar-refractivity contribution in [2.75, 3.05) is 19.8 Å². The van der Waals surface area contributed by atoms with Gasteiger partial charge in [-0.05, 0) is 37.1 Å². The van der Waals surface area contributed by atoms with Crippen molar-refractivity contribution in [3.8, 4) is 11.8 Å². The van der Waals surface area contributed by atoms with Gasteiger partial charge in [-0.2, -0.15) is 26.3 Å². The molecule has 1 aliphatic heterocycles. The molecule has 0 unspecified atom stereocenters. The number of hydrogen-bond donors (Lipinski definition) is 2. The van der Waals surface area contributed by atoms with Gasteiger partial charge < -0.3 is 24.5 Å². The van der Waals surface area contributed by atoms with Crippen LogP contribution in [0.1, 0.15) is 36.8 Å². The van der Waals surface area contributed by atoms with E-state index >= 15 is 0 Å². The number of rotatable bonds is 8. The molecule has 3 rings (SSSR count). The Kier molecular flexibility index (Phi) is 7.66. The highest BCUT2D eigenvalue weighted by molar-refractivity contribution is 5.77. The van der Waals surface area contributed by atoms with Gasteiger partial charge in [0.25, 0.3) is 5.91 Å². The van der Waals surface area contributed by atoms with E-state index in [9.17, 15) is 31.1 Å². The van der Waals surface area contributed by atoms with E-state index in [1.165, 1.54) is 0 Å². The topological polar surface area (TPSA) is 98.5 Å². The number of halogens is 6. The summed E-state index contributed by atoms with van der Waals surface area (Å²) >= 11 is 0. The number of nitrogens with one attached hydrogen (secondary N) is 2. The first kappa shape index (κ1) is 24.6. The Labute approximate surface area is 183 Å². The predicted octanol–water partition coefficient (Wildman–Crippen LogP) is 3.41. The Morgan fingerprint density at radius 1 is 1.09 bits per heavy atom. The van der Waals surface area contributed by atoms with E-state index in [2.05, 4.69) is 20.8 Å². The molecule has 182 valence electrons. The fraction of sp³-hybridized carbons (Fsp3) is 0.526. The standard InChI is InChI=1S/C19H20F6N4O4/c20-18(21,22)7-8-31-17-29-28-16(33-17)14-6-3-12(9-26-14)27-15(30)10-32-13-4-1-11(2-5-13)19(23,24)25/h1-2,4-5,12,14,26H,3,6-10H2,(H,27,30)/t12-,14+/m0/s1. The zero-order valence-corrected chi connectivity index (χ0v) is 17.0. The highest BCUT2D eigenvalue weighted by Gasteiger charge is 2.31. The minimum absolute atomic E-state index is 0.129. The van der Waals surface area contributed by atoms with Gasteiger partial charge in [-0.15, -0.1) is 5.10 Å². The molecule has 1 saturated heterocycles. The van der Waals surface area contributed by atoms with Crippen LogP contribution in [0.15, 0.2) is 28.7 Å². The van der Waals surface area contributed by atoms with Crippen molar-refractivity contribution in [1.82, 2.24) is 20.8 Å². The van der Waals surface area contributed by atoms with Gasteiger partial charge in [0.05, 0.1) is 18.0 Å². The first-order chi connectivity index (χ1) is 15.5. The molecule has 33 heavy (non-hydrogen) atoms. The van der Waals surface area contributed by atoms with Gasteiger partial charge in [0, 0.05) is 12.6 Å². The molecule has 0 radical (unpaired) electrons. The fourth-order valence-electron chi connectivity index (χ4n) is 3.02. The second-order valence-corrected chi connectivity index (χ2v) is 7.23. The van der Waals surface area contributed by atoms with Crippen LogP contribution in [0.5, 0.6) is 11.8 Å². The summed E-state index contributed by atoms with van der Waals surface area (Å²) in [5.41, 5.74) is -0.816. The van der Waals surface area contributed by atoms with Gasteiger partial charge >= 0.3 is 18.4 Å². The van der Waals surface area contributed by atoms with Gasteiger partial charge in [0.15, 0.2) is 6.61 Å². The average molecular weight is 482 g/mol. The van der Waals surface area contributed by atoms with E-state index in [0.29, 0.717) is 19.4 Å². The molecule has 1 aromatic heterocycles. The third-order valence-electron chi connectivity index (χ3n) is 4.66. The molecule has 1 aliphatic rings. The second kappa shape index (κ2) is 10.3. The number of piperidine rings is 1. The molecule has 0 saturated carbocycles. The number of ether oxygens (including phenoxy) is 2. The van der Waals surface area contributed by atoms with Crippen LogP contribution >= 0.6 is 0 Å². The van der Waals surface area contributed by atoms with Crippen molar-refractivity contribution in [3.05, 3.63) is 35.7 Å². The molecule has 0 aliphatic carbocycles. The van der Waals surface area contributed by atoms with E-state index in [4.69, 9.17) is 13.9 Å². The Hall–Kier alpha value is -3.03. The van der Waals surface area contributed by atoms with Crippen molar-refractivity contribution >= 4 is 5.91 Å². The molecule has 2 heterocycles. The van der Waals surface area contributed by atoms with E-state index in [-0.39, 0.29) is 36.4 Å². The van der Waals surface area contributed by atoms with Crippen LogP contribution in [-0.2, 0) is 11.0 Å². The Morgan fingerprint density at radius 2 is 1.82 bits per heavy atom.